The predicted molar refractivity (Wildman–Crippen MR) is 120 cm³/mol. The quantitative estimate of drug-likeness (QED) is 0.412. The summed E-state index contributed by atoms with van der Waals surface area (Å²) in [6, 6.07) is 17.2. The van der Waals surface area contributed by atoms with Crippen molar-refractivity contribution in [1.82, 2.24) is 0 Å². The van der Waals surface area contributed by atoms with Gasteiger partial charge in [-0.2, -0.15) is 0 Å². The van der Waals surface area contributed by atoms with E-state index in [1.54, 1.807) is 60.7 Å². The Balaban J connectivity index is 1.52. The van der Waals surface area contributed by atoms with Crippen molar-refractivity contribution in [2.75, 3.05) is 27.8 Å². The molecule has 0 fully saturated rings. The molecule has 160 valence electrons. The standard InChI is InChI=1S/C23H24N4O4/c1-2-6-21(28)25-17-8-4-9-18(14-17)26-22(29)15-24-16-7-3-10-19(13-16)27-23(30)20-11-5-12-31-20/h3-5,7-14,24H,2,6,15H2,1H3,(H,25,28)(H,26,29)(H,27,30). The van der Waals surface area contributed by atoms with Crippen LogP contribution in [0.5, 0.6) is 0 Å². The Hall–Kier alpha value is -4.07. The lowest BCUT2D eigenvalue weighted by molar-refractivity contribution is -0.116. The van der Waals surface area contributed by atoms with Gasteiger partial charge in [0.2, 0.25) is 11.8 Å². The molecular weight excluding hydrogens is 396 g/mol. The highest BCUT2D eigenvalue weighted by Gasteiger charge is 2.09. The second-order valence-corrected chi connectivity index (χ2v) is 6.79. The Bertz CT molecular complexity index is 1050. The zero-order valence-corrected chi connectivity index (χ0v) is 17.1. The molecule has 1 heterocycles. The zero-order valence-electron chi connectivity index (χ0n) is 17.1. The summed E-state index contributed by atoms with van der Waals surface area (Å²) in [5.74, 6) is -0.453. The topological polar surface area (TPSA) is 112 Å². The van der Waals surface area contributed by atoms with Gasteiger partial charge in [-0.05, 0) is 55.0 Å². The Labute approximate surface area is 180 Å². The largest absolute Gasteiger partial charge is 0.459 e. The van der Waals surface area contributed by atoms with Gasteiger partial charge in [-0.25, -0.2) is 0 Å². The van der Waals surface area contributed by atoms with E-state index < -0.39 is 0 Å². The van der Waals surface area contributed by atoms with Crippen molar-refractivity contribution in [3.8, 4) is 0 Å². The molecule has 3 aromatic rings. The van der Waals surface area contributed by atoms with Crippen molar-refractivity contribution in [3.63, 3.8) is 0 Å². The number of carbonyl (C=O) groups is 3. The van der Waals surface area contributed by atoms with Gasteiger partial charge in [-0.15, -0.1) is 0 Å². The maximum atomic E-state index is 12.3. The average Bonchev–Trinajstić information content (AvgIpc) is 3.28. The molecular formula is C23H24N4O4. The molecule has 0 atom stereocenters. The summed E-state index contributed by atoms with van der Waals surface area (Å²) in [7, 11) is 0. The van der Waals surface area contributed by atoms with Crippen LogP contribution in [-0.4, -0.2) is 24.3 Å². The van der Waals surface area contributed by atoms with Gasteiger partial charge in [0, 0.05) is 29.2 Å². The van der Waals surface area contributed by atoms with E-state index >= 15 is 0 Å². The van der Waals surface area contributed by atoms with E-state index in [0.717, 1.165) is 6.42 Å². The molecule has 0 aliphatic rings. The summed E-state index contributed by atoms with van der Waals surface area (Å²) in [5.41, 5.74) is 2.46. The number of furan rings is 1. The molecule has 0 aliphatic carbocycles. The van der Waals surface area contributed by atoms with Crippen LogP contribution >= 0.6 is 0 Å². The number of nitrogens with one attached hydrogen (secondary N) is 4. The number of benzene rings is 2. The first-order valence-electron chi connectivity index (χ1n) is 9.92. The Morgan fingerprint density at radius 1 is 0.774 bits per heavy atom. The molecule has 4 N–H and O–H groups in total. The van der Waals surface area contributed by atoms with Crippen molar-refractivity contribution in [3.05, 3.63) is 72.7 Å². The maximum Gasteiger partial charge on any atom is 0.291 e. The molecule has 0 aliphatic heterocycles. The van der Waals surface area contributed by atoms with Gasteiger partial charge in [-0.1, -0.05) is 19.1 Å². The number of amides is 3. The maximum absolute atomic E-state index is 12.3. The van der Waals surface area contributed by atoms with Gasteiger partial charge in [0.1, 0.15) is 0 Å². The average molecular weight is 420 g/mol. The fraction of sp³-hybridized carbons (Fsp3) is 0.174. The van der Waals surface area contributed by atoms with E-state index in [1.807, 2.05) is 6.92 Å². The van der Waals surface area contributed by atoms with Gasteiger partial charge in [0.05, 0.1) is 12.8 Å². The summed E-state index contributed by atoms with van der Waals surface area (Å²) < 4.78 is 5.07. The van der Waals surface area contributed by atoms with Gasteiger partial charge >= 0.3 is 0 Å². The first kappa shape index (κ1) is 21.6. The van der Waals surface area contributed by atoms with E-state index in [4.69, 9.17) is 4.42 Å². The third-order valence-electron chi connectivity index (χ3n) is 4.23. The first-order valence-corrected chi connectivity index (χ1v) is 9.92. The van der Waals surface area contributed by atoms with Crippen LogP contribution in [0.25, 0.3) is 0 Å². The molecule has 0 saturated heterocycles. The van der Waals surface area contributed by atoms with E-state index in [-0.39, 0.29) is 30.0 Å². The molecule has 0 bridgehead atoms. The fourth-order valence-electron chi connectivity index (χ4n) is 2.82. The highest BCUT2D eigenvalue weighted by atomic mass is 16.3. The first-order chi connectivity index (χ1) is 15.0. The van der Waals surface area contributed by atoms with Crippen LogP contribution in [0.15, 0.2) is 71.3 Å². The third kappa shape index (κ3) is 6.74. The lowest BCUT2D eigenvalue weighted by Gasteiger charge is -2.11. The van der Waals surface area contributed by atoms with E-state index in [9.17, 15) is 14.4 Å². The summed E-state index contributed by atoms with van der Waals surface area (Å²) >= 11 is 0. The summed E-state index contributed by atoms with van der Waals surface area (Å²) in [4.78, 5) is 36.1. The van der Waals surface area contributed by atoms with Crippen molar-refractivity contribution < 1.29 is 18.8 Å². The lowest BCUT2D eigenvalue weighted by atomic mass is 10.2. The molecule has 0 radical (unpaired) electrons. The molecule has 3 rings (SSSR count). The molecule has 3 amide bonds. The molecule has 8 nitrogen and oxygen atoms in total. The van der Waals surface area contributed by atoms with Crippen molar-refractivity contribution in [2.45, 2.75) is 19.8 Å². The number of rotatable bonds is 9. The van der Waals surface area contributed by atoms with Crippen molar-refractivity contribution in [2.24, 2.45) is 0 Å². The number of carbonyl (C=O) groups excluding carboxylic acids is 3. The van der Waals surface area contributed by atoms with E-state index in [1.165, 1.54) is 6.26 Å². The number of anilines is 4. The smallest absolute Gasteiger partial charge is 0.291 e. The molecule has 0 unspecified atom stereocenters. The van der Waals surface area contributed by atoms with Crippen LogP contribution in [-0.2, 0) is 9.59 Å². The van der Waals surface area contributed by atoms with Gasteiger partial charge in [-0.3, -0.25) is 14.4 Å². The fourth-order valence-corrected chi connectivity index (χ4v) is 2.82. The van der Waals surface area contributed by atoms with E-state index in [2.05, 4.69) is 21.3 Å². The second-order valence-electron chi connectivity index (χ2n) is 6.79. The highest BCUT2D eigenvalue weighted by Crippen LogP contribution is 2.17. The lowest BCUT2D eigenvalue weighted by Crippen LogP contribution is -2.22. The highest BCUT2D eigenvalue weighted by molar-refractivity contribution is 6.02. The Kier molecular flexibility index (Phi) is 7.42. The molecule has 8 heteroatoms. The van der Waals surface area contributed by atoms with Crippen LogP contribution in [0.4, 0.5) is 22.7 Å². The zero-order chi connectivity index (χ0) is 22.1. The van der Waals surface area contributed by atoms with Crippen LogP contribution < -0.4 is 21.3 Å². The number of hydrogen-bond acceptors (Lipinski definition) is 5. The summed E-state index contributed by atoms with van der Waals surface area (Å²) in [6.07, 6.45) is 2.64. The predicted octanol–water partition coefficient (Wildman–Crippen LogP) is 4.32. The third-order valence-corrected chi connectivity index (χ3v) is 4.23. The normalized spacial score (nSPS) is 10.2. The molecule has 31 heavy (non-hydrogen) atoms. The van der Waals surface area contributed by atoms with Gasteiger partial charge in [0.25, 0.3) is 5.91 Å². The summed E-state index contributed by atoms with van der Waals surface area (Å²) in [5, 5.41) is 11.3. The SMILES string of the molecule is CCCC(=O)Nc1cccc(NC(=O)CNc2cccc(NC(=O)c3ccco3)c2)c1. The molecule has 1 aromatic heterocycles. The molecule has 2 aromatic carbocycles. The van der Waals surface area contributed by atoms with Crippen LogP contribution in [0.2, 0.25) is 0 Å². The minimum Gasteiger partial charge on any atom is -0.459 e. The van der Waals surface area contributed by atoms with Crippen LogP contribution in [0.3, 0.4) is 0 Å². The summed E-state index contributed by atoms with van der Waals surface area (Å²) in [6.45, 7) is 1.97. The second kappa shape index (κ2) is 10.6. The Morgan fingerprint density at radius 3 is 2.03 bits per heavy atom. The van der Waals surface area contributed by atoms with Crippen LogP contribution in [0.1, 0.15) is 30.3 Å². The minimum atomic E-state index is -0.356. The van der Waals surface area contributed by atoms with Gasteiger partial charge < -0.3 is 25.7 Å². The minimum absolute atomic E-state index is 0.0298. The molecule has 0 saturated carbocycles. The van der Waals surface area contributed by atoms with Crippen molar-refractivity contribution >= 4 is 40.5 Å². The Morgan fingerprint density at radius 2 is 1.39 bits per heavy atom. The molecule has 0 spiro atoms. The van der Waals surface area contributed by atoms with E-state index in [0.29, 0.717) is 29.2 Å². The number of hydrogen-bond donors (Lipinski definition) is 4. The van der Waals surface area contributed by atoms with Crippen LogP contribution in [0, 0.1) is 0 Å². The monoisotopic (exact) mass is 420 g/mol. The van der Waals surface area contributed by atoms with Crippen molar-refractivity contribution in [1.29, 1.82) is 0 Å². The van der Waals surface area contributed by atoms with Gasteiger partial charge in [0.15, 0.2) is 5.76 Å².